The smallest absolute Gasteiger partial charge is 0.385 e. The summed E-state index contributed by atoms with van der Waals surface area (Å²) in [5, 5.41) is 9.95. The topological polar surface area (TPSA) is 20.2 Å². The maximum Gasteiger partial charge on any atom is 0.392 e. The van der Waals surface area contributed by atoms with Gasteiger partial charge in [0, 0.05) is 0 Å². The molecule has 0 fully saturated rings. The highest BCUT2D eigenvalue weighted by Gasteiger charge is 2.39. The lowest BCUT2D eigenvalue weighted by Crippen LogP contribution is -2.29. The van der Waals surface area contributed by atoms with Gasteiger partial charge in [0.25, 0.3) is 0 Å². The molecule has 1 rings (SSSR count). The molecule has 0 aromatic heterocycles. The molecular weight excluding hydrogens is 241 g/mol. The van der Waals surface area contributed by atoms with Crippen LogP contribution in [0, 0.1) is 0 Å². The molecule has 4 heteroatoms. The fraction of sp³-hybridized carbons (Fsp3) is 0.571. The van der Waals surface area contributed by atoms with E-state index in [0.717, 1.165) is 24.8 Å². The summed E-state index contributed by atoms with van der Waals surface area (Å²) in [5.41, 5.74) is -0.564. The molecule has 0 saturated heterocycles. The van der Waals surface area contributed by atoms with E-state index in [4.69, 9.17) is 0 Å². The number of alkyl halides is 3. The number of aliphatic hydroxyl groups is 1. The summed E-state index contributed by atoms with van der Waals surface area (Å²) in [6.07, 6.45) is -2.75. The molecule has 1 nitrogen and oxygen atoms in total. The van der Waals surface area contributed by atoms with E-state index in [2.05, 4.69) is 6.92 Å². The van der Waals surface area contributed by atoms with Crippen molar-refractivity contribution >= 4 is 0 Å². The molecule has 1 aromatic carbocycles. The largest absolute Gasteiger partial charge is 0.392 e. The van der Waals surface area contributed by atoms with Crippen LogP contribution >= 0.6 is 0 Å². The Kier molecular flexibility index (Phi) is 4.79. The van der Waals surface area contributed by atoms with E-state index in [-0.39, 0.29) is 0 Å². The zero-order valence-corrected chi connectivity index (χ0v) is 10.7. The highest BCUT2D eigenvalue weighted by molar-refractivity contribution is 5.28. The lowest BCUT2D eigenvalue weighted by Gasteiger charge is -2.25. The van der Waals surface area contributed by atoms with E-state index in [0.29, 0.717) is 5.56 Å². The summed E-state index contributed by atoms with van der Waals surface area (Å²) < 4.78 is 37.1. The number of benzene rings is 1. The summed E-state index contributed by atoms with van der Waals surface area (Å²) in [5.74, 6) is 0. The van der Waals surface area contributed by atoms with Crippen molar-refractivity contribution in [1.29, 1.82) is 0 Å². The molecule has 1 aromatic rings. The van der Waals surface area contributed by atoms with Crippen LogP contribution in [0.1, 0.15) is 44.2 Å². The van der Waals surface area contributed by atoms with Crippen molar-refractivity contribution in [1.82, 2.24) is 0 Å². The summed E-state index contributed by atoms with van der Waals surface area (Å²) in [6.45, 7) is 3.27. The van der Waals surface area contributed by atoms with E-state index >= 15 is 0 Å². The molecule has 0 aliphatic rings. The van der Waals surface area contributed by atoms with Gasteiger partial charge in [-0.1, -0.05) is 37.6 Å². The SMILES string of the molecule is CCCCc1cccc(C(C)(O)CC(F)(F)F)c1. The van der Waals surface area contributed by atoms with Crippen molar-refractivity contribution in [2.24, 2.45) is 0 Å². The maximum absolute atomic E-state index is 12.4. The second-order valence-corrected chi connectivity index (χ2v) is 4.87. The van der Waals surface area contributed by atoms with Crippen LogP contribution in [-0.2, 0) is 12.0 Å². The molecule has 0 bridgehead atoms. The molecule has 0 aliphatic heterocycles. The average Bonchev–Trinajstić information content (AvgIpc) is 2.23. The van der Waals surface area contributed by atoms with Crippen molar-refractivity contribution in [3.8, 4) is 0 Å². The third kappa shape index (κ3) is 4.69. The second-order valence-electron chi connectivity index (χ2n) is 4.87. The monoisotopic (exact) mass is 260 g/mol. The van der Waals surface area contributed by atoms with Crippen molar-refractivity contribution in [2.45, 2.75) is 51.3 Å². The predicted octanol–water partition coefficient (Wildman–Crippen LogP) is 4.19. The normalized spacial score (nSPS) is 15.4. The van der Waals surface area contributed by atoms with Crippen LogP contribution in [0.15, 0.2) is 24.3 Å². The Labute approximate surface area is 106 Å². The van der Waals surface area contributed by atoms with Crippen LogP contribution in [0.4, 0.5) is 13.2 Å². The van der Waals surface area contributed by atoms with Gasteiger partial charge in [0.15, 0.2) is 0 Å². The van der Waals surface area contributed by atoms with Crippen LogP contribution in [0.5, 0.6) is 0 Å². The van der Waals surface area contributed by atoms with Gasteiger partial charge in [0.05, 0.1) is 12.0 Å². The van der Waals surface area contributed by atoms with E-state index in [1.165, 1.54) is 6.92 Å². The Morgan fingerprint density at radius 3 is 2.44 bits per heavy atom. The zero-order chi connectivity index (χ0) is 13.8. The minimum absolute atomic E-state index is 0.327. The van der Waals surface area contributed by atoms with Gasteiger partial charge in [-0.2, -0.15) is 13.2 Å². The quantitative estimate of drug-likeness (QED) is 0.841. The summed E-state index contributed by atoms with van der Waals surface area (Å²) in [4.78, 5) is 0. The molecule has 102 valence electrons. The van der Waals surface area contributed by atoms with Gasteiger partial charge in [-0.05, 0) is 30.9 Å². The van der Waals surface area contributed by atoms with Gasteiger partial charge in [0.1, 0.15) is 0 Å². The van der Waals surface area contributed by atoms with Crippen molar-refractivity contribution in [3.63, 3.8) is 0 Å². The highest BCUT2D eigenvalue weighted by Crippen LogP contribution is 2.34. The minimum atomic E-state index is -4.37. The molecule has 1 N–H and O–H groups in total. The highest BCUT2D eigenvalue weighted by atomic mass is 19.4. The standard InChI is InChI=1S/C14H19F3O/c1-3-4-6-11-7-5-8-12(9-11)13(2,18)10-14(15,16)17/h5,7-9,18H,3-4,6,10H2,1-2H3. The first kappa shape index (κ1) is 15.0. The summed E-state index contributed by atoms with van der Waals surface area (Å²) in [6, 6.07) is 6.79. The number of rotatable bonds is 5. The Bertz CT molecular complexity index is 383. The van der Waals surface area contributed by atoms with E-state index < -0.39 is 18.2 Å². The maximum atomic E-state index is 12.4. The van der Waals surface area contributed by atoms with Gasteiger partial charge in [-0.3, -0.25) is 0 Å². The molecule has 0 spiro atoms. The Morgan fingerprint density at radius 1 is 1.22 bits per heavy atom. The lowest BCUT2D eigenvalue weighted by atomic mass is 9.90. The predicted molar refractivity (Wildman–Crippen MR) is 65.3 cm³/mol. The fourth-order valence-corrected chi connectivity index (χ4v) is 1.94. The van der Waals surface area contributed by atoms with Crippen LogP contribution in [0.3, 0.4) is 0 Å². The van der Waals surface area contributed by atoms with Gasteiger partial charge in [-0.15, -0.1) is 0 Å². The first-order valence-corrected chi connectivity index (χ1v) is 6.13. The number of unbranched alkanes of at least 4 members (excludes halogenated alkanes) is 1. The van der Waals surface area contributed by atoms with Gasteiger partial charge < -0.3 is 5.11 Å². The van der Waals surface area contributed by atoms with Gasteiger partial charge >= 0.3 is 6.18 Å². The van der Waals surface area contributed by atoms with Crippen LogP contribution in [0.25, 0.3) is 0 Å². The molecule has 0 saturated carbocycles. The first-order valence-electron chi connectivity index (χ1n) is 6.13. The minimum Gasteiger partial charge on any atom is -0.385 e. The third-order valence-electron chi connectivity index (χ3n) is 2.91. The fourth-order valence-electron chi connectivity index (χ4n) is 1.94. The molecule has 1 atom stereocenters. The summed E-state index contributed by atoms with van der Waals surface area (Å²) in [7, 11) is 0. The first-order chi connectivity index (χ1) is 8.24. The molecule has 1 unspecified atom stereocenters. The molecular formula is C14H19F3O. The van der Waals surface area contributed by atoms with E-state index in [9.17, 15) is 18.3 Å². The van der Waals surface area contributed by atoms with Crippen LogP contribution < -0.4 is 0 Å². The molecule has 0 amide bonds. The van der Waals surface area contributed by atoms with Crippen molar-refractivity contribution < 1.29 is 18.3 Å². The number of halogens is 3. The van der Waals surface area contributed by atoms with Crippen LogP contribution in [0.2, 0.25) is 0 Å². The summed E-state index contributed by atoms with van der Waals surface area (Å²) >= 11 is 0. The Hall–Kier alpha value is -1.03. The number of aryl methyl sites for hydroxylation is 1. The average molecular weight is 260 g/mol. The van der Waals surface area contributed by atoms with Crippen LogP contribution in [-0.4, -0.2) is 11.3 Å². The van der Waals surface area contributed by atoms with Crippen molar-refractivity contribution in [3.05, 3.63) is 35.4 Å². The third-order valence-corrected chi connectivity index (χ3v) is 2.91. The molecule has 18 heavy (non-hydrogen) atoms. The van der Waals surface area contributed by atoms with E-state index in [1.54, 1.807) is 18.2 Å². The number of hydrogen-bond donors (Lipinski definition) is 1. The van der Waals surface area contributed by atoms with Crippen molar-refractivity contribution in [2.75, 3.05) is 0 Å². The Balaban J connectivity index is 2.87. The molecule has 0 radical (unpaired) electrons. The molecule has 0 heterocycles. The lowest BCUT2D eigenvalue weighted by molar-refractivity contribution is -0.174. The Morgan fingerprint density at radius 2 is 1.89 bits per heavy atom. The van der Waals surface area contributed by atoms with E-state index in [1.807, 2.05) is 6.07 Å². The van der Waals surface area contributed by atoms with Gasteiger partial charge in [0.2, 0.25) is 0 Å². The molecule has 0 aliphatic carbocycles. The second kappa shape index (κ2) is 5.74. The number of hydrogen-bond acceptors (Lipinski definition) is 1. The van der Waals surface area contributed by atoms with Gasteiger partial charge in [-0.25, -0.2) is 0 Å². The zero-order valence-electron chi connectivity index (χ0n) is 10.7.